The first kappa shape index (κ1) is 89.1. The Hall–Kier alpha value is 1.21. The molecule has 0 amide bonds. The van der Waals surface area contributed by atoms with Gasteiger partial charge in [0, 0.05) is 7.11 Å². The Morgan fingerprint density at radius 2 is 1.16 bits per heavy atom. The van der Waals surface area contributed by atoms with Gasteiger partial charge in [-0.15, -0.1) is 0 Å². The summed E-state index contributed by atoms with van der Waals surface area (Å²) in [5.74, 6) is -0.124. The summed E-state index contributed by atoms with van der Waals surface area (Å²) in [5, 5.41) is 126. The molecular formula is C59H95Na3O34S3. The van der Waals surface area contributed by atoms with Crippen LogP contribution in [0.1, 0.15) is 114 Å². The molecule has 99 heavy (non-hydrogen) atoms. The van der Waals surface area contributed by atoms with E-state index in [-0.39, 0.29) is 123 Å². The van der Waals surface area contributed by atoms with Crippen LogP contribution in [-0.2, 0) is 95.9 Å². The Labute approximate surface area is 643 Å². The smallest absolute Gasteiger partial charge is 0.726 e. The first-order valence-electron chi connectivity index (χ1n) is 32.1. The number of methoxy groups -OCH3 is 1. The molecule has 0 radical (unpaired) electrons. The third kappa shape index (κ3) is 18.8. The van der Waals surface area contributed by atoms with Crippen LogP contribution in [0, 0.1) is 39.4 Å². The molecule has 0 spiro atoms. The number of aliphatic hydroxyl groups excluding tert-OH is 10. The summed E-state index contributed by atoms with van der Waals surface area (Å²) < 4.78 is 185. The maximum Gasteiger partial charge on any atom is 1.00 e. The zero-order valence-corrected chi connectivity index (χ0v) is 66.3. The topological polar surface area (TPSA) is 523 Å². The van der Waals surface area contributed by atoms with Crippen LogP contribution in [0.25, 0.3) is 0 Å². The minimum atomic E-state index is -5.58. The number of aliphatic hydroxyl groups is 11. The van der Waals surface area contributed by atoms with Gasteiger partial charge in [-0.2, -0.15) is 0 Å². The van der Waals surface area contributed by atoms with Gasteiger partial charge in [-0.25, -0.2) is 25.3 Å². The van der Waals surface area contributed by atoms with Crippen LogP contribution in [0.3, 0.4) is 0 Å². The zero-order chi connectivity index (χ0) is 71.1. The van der Waals surface area contributed by atoms with E-state index in [2.05, 4.69) is 35.2 Å². The van der Waals surface area contributed by atoms with Gasteiger partial charge in [-0.1, -0.05) is 57.9 Å². The molecule has 5 heterocycles. The average Bonchev–Trinajstić information content (AvgIpc) is 1.62. The van der Waals surface area contributed by atoms with Crippen molar-refractivity contribution in [3.63, 3.8) is 0 Å². The van der Waals surface area contributed by atoms with E-state index in [4.69, 9.17) is 56.3 Å². The van der Waals surface area contributed by atoms with Gasteiger partial charge in [-0.05, 0) is 118 Å². The molecule has 0 aromatic rings. The summed E-state index contributed by atoms with van der Waals surface area (Å²) >= 11 is 0. The Bertz CT molecular complexity index is 3100. The van der Waals surface area contributed by atoms with Crippen LogP contribution < -0.4 is 88.7 Å². The summed E-state index contributed by atoms with van der Waals surface area (Å²) in [6.45, 7) is 13.9. The Morgan fingerprint density at radius 1 is 0.626 bits per heavy atom. The Kier molecular flexibility index (Phi) is 30.8. The molecule has 4 aliphatic carbocycles. The fraction of sp³-hybridized carbons (Fsp3) is 0.932. The molecule has 0 aromatic heterocycles. The summed E-state index contributed by atoms with van der Waals surface area (Å²) in [6, 6.07) is 0. The summed E-state index contributed by atoms with van der Waals surface area (Å²) in [5.41, 5.74) is -0.660. The van der Waals surface area contributed by atoms with E-state index < -0.39 is 222 Å². The SMILES string of the molecule is CO[C@@H]1[C@@H](O)[C@H](O[C@@H]2[C@@H](O)[C@H](O[C@H]3[C@H](O)[C@@H](O[C@@H]4OC[C@@H](O)[C@H](O)[C@H]4O)[C@H](O[C@H]4[C@H](O[C@H]5CC[C@]6(C)[C@@H]7CC[C@]8(C)[C@@H]([C@@](C)(O)[C@H](O)CC=C(C)C)CC[C@@]8(C)C7=CC[C@H]6C5(C)C)OC[C@@H](OS(=O)(=O)[O-])[C@@H]4O)O[C@@H]3C)O[C@H](COS(=O)(=O)[O-])[C@H]2O)O[C@H](COS(=O)(=O)[O-])[C@H]1O.[Na+].[Na+].[Na+]. The molecule has 5 saturated heterocycles. The van der Waals surface area contributed by atoms with Gasteiger partial charge in [0.1, 0.15) is 104 Å². The average molecular weight is 1510 g/mol. The minimum Gasteiger partial charge on any atom is -0.726 e. The number of allylic oxidation sites excluding steroid dienone is 3. The maximum atomic E-state index is 12.5. The van der Waals surface area contributed by atoms with Crippen molar-refractivity contribution in [2.45, 2.75) is 273 Å². The van der Waals surface area contributed by atoms with Gasteiger partial charge in [0.2, 0.25) is 31.2 Å². The van der Waals surface area contributed by atoms with Gasteiger partial charge in [0.05, 0.1) is 50.3 Å². The molecule has 0 aromatic carbocycles. The molecule has 3 saturated carbocycles. The predicted octanol–water partition coefficient (Wildman–Crippen LogP) is -12.0. The second kappa shape index (κ2) is 34.2. The number of rotatable bonds is 23. The molecule has 40 heteroatoms. The quantitative estimate of drug-likeness (QED) is 0.0196. The molecule has 11 N–H and O–H groups in total. The monoisotopic (exact) mass is 1510 g/mol. The van der Waals surface area contributed by atoms with E-state index in [1.54, 1.807) is 6.92 Å². The van der Waals surface area contributed by atoms with Crippen molar-refractivity contribution >= 4 is 31.2 Å². The zero-order valence-electron chi connectivity index (χ0n) is 57.8. The van der Waals surface area contributed by atoms with E-state index in [1.807, 2.05) is 33.8 Å². The van der Waals surface area contributed by atoms with Crippen LogP contribution in [0.2, 0.25) is 0 Å². The van der Waals surface area contributed by atoms with E-state index in [0.717, 1.165) is 38.4 Å². The molecule has 5 aliphatic heterocycles. The minimum absolute atomic E-state index is 0. The molecule has 556 valence electrons. The summed E-state index contributed by atoms with van der Waals surface area (Å²) in [4.78, 5) is 0. The Balaban J connectivity index is 0.00000515. The van der Waals surface area contributed by atoms with Crippen LogP contribution in [0.15, 0.2) is 23.3 Å². The summed E-state index contributed by atoms with van der Waals surface area (Å²) in [7, 11) is -15.6. The number of hydrogen-bond donors (Lipinski definition) is 11. The van der Waals surface area contributed by atoms with Crippen molar-refractivity contribution in [3.8, 4) is 0 Å². The van der Waals surface area contributed by atoms with Crippen LogP contribution in [0.5, 0.6) is 0 Å². The molecule has 8 fully saturated rings. The molecule has 32 atom stereocenters. The first-order chi connectivity index (χ1) is 44.4. The van der Waals surface area contributed by atoms with Crippen molar-refractivity contribution in [2.24, 2.45) is 39.4 Å². The molecule has 9 aliphatic rings. The predicted molar refractivity (Wildman–Crippen MR) is 316 cm³/mol. The molecule has 0 bridgehead atoms. The molecular weight excluding hydrogens is 1420 g/mol. The number of ether oxygens (including phenoxy) is 11. The fourth-order valence-electron chi connectivity index (χ4n) is 17.1. The second-order valence-electron chi connectivity index (χ2n) is 28.9. The molecule has 0 unspecified atom stereocenters. The molecule has 34 nitrogen and oxygen atoms in total. The number of hydrogen-bond acceptors (Lipinski definition) is 34. The van der Waals surface area contributed by atoms with Crippen molar-refractivity contribution in [1.29, 1.82) is 0 Å². The van der Waals surface area contributed by atoms with Crippen LogP contribution >= 0.6 is 0 Å². The van der Waals surface area contributed by atoms with Crippen molar-refractivity contribution in [1.82, 2.24) is 0 Å². The second-order valence-corrected chi connectivity index (χ2v) is 32.0. The van der Waals surface area contributed by atoms with Gasteiger partial charge >= 0.3 is 88.7 Å². The number of fused-ring (bicyclic) bond motifs is 5. The van der Waals surface area contributed by atoms with E-state index in [1.165, 1.54) is 12.5 Å². The maximum absolute atomic E-state index is 12.5. The van der Waals surface area contributed by atoms with Crippen molar-refractivity contribution in [3.05, 3.63) is 23.3 Å². The van der Waals surface area contributed by atoms with E-state index in [0.29, 0.717) is 25.7 Å². The standard InChI is InChI=1S/C59H98O34S3.3Na/c1-25(2)11-14-35(61)59(9,70)34-16-20-57(7)28-12-13-33-55(4,5)36(17-18-56(33,6)27(28)15-19-58(34,57)8)88-53-48(40(65)32(22-82-53)93-96(77,78)79)92-54-49(91-50-41(66)37(62)29(60)21-81-50)42(67)45(26(3)85-54)89-52-44(69)47(39(64)31(87-52)24-84-95(74,75)76)90-51-43(68)46(80-10)38(63)30(86-51)23-83-94(71,72)73;;;/h11-12,26-27,29-54,60-70H,13-24H2,1-10H3,(H,71,72,73)(H,74,75,76)(H,77,78,79);;;/q;3*+1/p-3/t26-,27-,29-,30-,31-,32-,33+,34+,35-,36+,37+,38-,39-,40+,41-,42+,43-,44-,45-,46+,47+,48-,49-,50+,51+,52+,53+,54+,56-,57+,58-,59-;;;/m1.../s1. The molecule has 9 rings (SSSR count). The van der Waals surface area contributed by atoms with E-state index in [9.17, 15) is 95.1 Å². The van der Waals surface area contributed by atoms with Gasteiger partial charge in [-0.3, -0.25) is 12.5 Å². The van der Waals surface area contributed by atoms with Gasteiger partial charge < -0.3 is 122 Å². The van der Waals surface area contributed by atoms with Crippen molar-refractivity contribution in [2.75, 3.05) is 33.5 Å². The van der Waals surface area contributed by atoms with E-state index >= 15 is 0 Å². The van der Waals surface area contributed by atoms with Crippen LogP contribution in [-0.4, -0.2) is 288 Å². The van der Waals surface area contributed by atoms with Gasteiger partial charge in [0.25, 0.3) is 0 Å². The third-order valence-electron chi connectivity index (χ3n) is 22.5. The fourth-order valence-corrected chi connectivity index (χ4v) is 18.2. The normalized spacial score (nSPS) is 45.7. The Morgan fingerprint density at radius 3 is 1.73 bits per heavy atom. The largest absolute Gasteiger partial charge is 1.00 e. The van der Waals surface area contributed by atoms with Gasteiger partial charge in [0.15, 0.2) is 31.5 Å². The van der Waals surface area contributed by atoms with Crippen LogP contribution in [0.4, 0.5) is 0 Å². The first-order valence-corrected chi connectivity index (χ1v) is 36.1. The third-order valence-corrected chi connectivity index (χ3v) is 23.9. The summed E-state index contributed by atoms with van der Waals surface area (Å²) in [6.07, 6.45) is -38.6. The van der Waals surface area contributed by atoms with Crippen molar-refractivity contribution < 1.29 is 248 Å².